The van der Waals surface area contributed by atoms with Gasteiger partial charge in [-0.15, -0.1) is 0 Å². The topological polar surface area (TPSA) is 77.5 Å². The molecule has 0 amide bonds. The predicted octanol–water partition coefficient (Wildman–Crippen LogP) is 6.89. The number of nitrogens with zero attached hydrogens (tertiary/aromatic N) is 2. The molecule has 0 radical (unpaired) electrons. The van der Waals surface area contributed by atoms with Gasteiger partial charge in [0.05, 0.1) is 26.4 Å². The van der Waals surface area contributed by atoms with Crippen LogP contribution in [0.5, 0.6) is 0 Å². The molecule has 8 nitrogen and oxygen atoms in total. The van der Waals surface area contributed by atoms with Crippen molar-refractivity contribution in [3.8, 4) is 0 Å². The zero-order valence-corrected chi connectivity index (χ0v) is 23.5. The van der Waals surface area contributed by atoms with Gasteiger partial charge in [-0.3, -0.25) is 9.13 Å². The van der Waals surface area contributed by atoms with Crippen LogP contribution >= 0.6 is 15.2 Å². The smallest absolute Gasteiger partial charge is 0.357 e. The third kappa shape index (κ3) is 9.12. The molecule has 0 spiro atoms. The molecule has 0 bridgehead atoms. The third-order valence-electron chi connectivity index (χ3n) is 4.49. The molecule has 0 saturated carbocycles. The molecule has 0 fully saturated rings. The molecule has 0 aromatic rings. The Bertz CT molecular complexity index is 548. The maximum Gasteiger partial charge on any atom is 0.373 e. The molecule has 0 heterocycles. The fourth-order valence-corrected chi connectivity index (χ4v) is 8.55. The molecular formula is C22H48N2O6P2. The van der Waals surface area contributed by atoms with Crippen molar-refractivity contribution in [3.05, 3.63) is 10.9 Å². The maximum absolute atomic E-state index is 14.3. The lowest BCUT2D eigenvalue weighted by atomic mass is 10.3. The van der Waals surface area contributed by atoms with Gasteiger partial charge >= 0.3 is 15.2 Å². The summed E-state index contributed by atoms with van der Waals surface area (Å²) < 4.78 is 51.6. The van der Waals surface area contributed by atoms with E-state index in [1.807, 2.05) is 0 Å². The van der Waals surface area contributed by atoms with Gasteiger partial charge in [0, 0.05) is 26.2 Å². The Hall–Kier alpha value is -0.360. The van der Waals surface area contributed by atoms with Gasteiger partial charge in [0.15, 0.2) is 5.06 Å². The SMILES string of the molecule is CCCN(CCC)C(=C(P(=O)(OCC)OCC)P(=O)(OCC)OCC)N(CCC)CCC. The van der Waals surface area contributed by atoms with Crippen molar-refractivity contribution in [1.82, 2.24) is 9.80 Å². The third-order valence-corrected chi connectivity index (χ3v) is 9.79. The molecular weight excluding hydrogens is 450 g/mol. The van der Waals surface area contributed by atoms with Gasteiger partial charge in [-0.2, -0.15) is 0 Å². The Kier molecular flexibility index (Phi) is 16.9. The Morgan fingerprint density at radius 1 is 0.531 bits per heavy atom. The van der Waals surface area contributed by atoms with E-state index in [1.165, 1.54) is 0 Å². The molecule has 0 aromatic heterocycles. The monoisotopic (exact) mass is 498 g/mol. The average Bonchev–Trinajstić information content (AvgIpc) is 2.72. The highest BCUT2D eigenvalue weighted by molar-refractivity contribution is 7.78. The molecule has 192 valence electrons. The van der Waals surface area contributed by atoms with E-state index in [9.17, 15) is 9.13 Å². The second-order valence-corrected chi connectivity index (χ2v) is 11.6. The lowest BCUT2D eigenvalue weighted by molar-refractivity contribution is 0.189. The summed E-state index contributed by atoms with van der Waals surface area (Å²) in [6, 6.07) is 0. The number of rotatable bonds is 20. The summed E-state index contributed by atoms with van der Waals surface area (Å²) in [7, 11) is -7.97. The molecule has 0 N–H and O–H groups in total. The molecule has 0 unspecified atom stereocenters. The second-order valence-electron chi connectivity index (χ2n) is 7.29. The summed E-state index contributed by atoms with van der Waals surface area (Å²) in [6.07, 6.45) is 3.52. The van der Waals surface area contributed by atoms with Crippen molar-refractivity contribution in [2.75, 3.05) is 52.6 Å². The first-order valence-electron chi connectivity index (χ1n) is 12.3. The standard InChI is InChI=1S/C22H48N2O6P2/c1-9-17-23(18-10-2)21(24(19-11-3)20-12-4)22(31(25,27-13-5)28-14-6)32(26,29-15-7)30-16-8/h9-20H2,1-8H3. The molecule has 0 aliphatic rings. The Labute approximate surface area is 197 Å². The van der Waals surface area contributed by atoms with Gasteiger partial charge in [0.2, 0.25) is 0 Å². The molecule has 10 heteroatoms. The van der Waals surface area contributed by atoms with Crippen LogP contribution < -0.4 is 0 Å². The average molecular weight is 499 g/mol. The van der Waals surface area contributed by atoms with Crippen LogP contribution in [-0.4, -0.2) is 62.4 Å². The van der Waals surface area contributed by atoms with Crippen molar-refractivity contribution in [3.63, 3.8) is 0 Å². The van der Waals surface area contributed by atoms with Crippen LogP contribution in [-0.2, 0) is 27.2 Å². The zero-order valence-electron chi connectivity index (χ0n) is 21.7. The maximum atomic E-state index is 14.3. The Morgan fingerprint density at radius 3 is 0.969 bits per heavy atom. The van der Waals surface area contributed by atoms with Crippen LogP contribution in [0.2, 0.25) is 0 Å². The number of hydrogen-bond acceptors (Lipinski definition) is 8. The highest BCUT2D eigenvalue weighted by atomic mass is 31.2. The van der Waals surface area contributed by atoms with Crippen molar-refractivity contribution < 1.29 is 27.2 Å². The van der Waals surface area contributed by atoms with Crippen LogP contribution in [0.1, 0.15) is 81.1 Å². The van der Waals surface area contributed by atoms with E-state index in [-0.39, 0.29) is 31.5 Å². The quantitative estimate of drug-likeness (QED) is 0.168. The summed E-state index contributed by atoms with van der Waals surface area (Å²) in [5.74, 6) is 0.618. The zero-order chi connectivity index (χ0) is 24.6. The fraction of sp³-hybridized carbons (Fsp3) is 0.909. The minimum Gasteiger partial charge on any atom is -0.357 e. The van der Waals surface area contributed by atoms with E-state index in [1.54, 1.807) is 27.7 Å². The predicted molar refractivity (Wildman–Crippen MR) is 133 cm³/mol. The first kappa shape index (κ1) is 31.6. The van der Waals surface area contributed by atoms with Gasteiger partial charge in [-0.25, -0.2) is 0 Å². The van der Waals surface area contributed by atoms with Crippen LogP contribution in [0, 0.1) is 0 Å². The summed E-state index contributed by atoms with van der Waals surface area (Å²) in [5.41, 5.74) is 0. The van der Waals surface area contributed by atoms with E-state index in [2.05, 4.69) is 37.5 Å². The lowest BCUT2D eigenvalue weighted by Crippen LogP contribution is -2.39. The van der Waals surface area contributed by atoms with Crippen molar-refractivity contribution >= 4 is 15.2 Å². The highest BCUT2D eigenvalue weighted by Gasteiger charge is 2.50. The first-order chi connectivity index (χ1) is 15.3. The van der Waals surface area contributed by atoms with E-state index < -0.39 is 15.2 Å². The number of hydrogen-bond donors (Lipinski definition) is 0. The largest absolute Gasteiger partial charge is 0.373 e. The van der Waals surface area contributed by atoms with Crippen LogP contribution in [0.4, 0.5) is 0 Å². The molecule has 0 aromatic carbocycles. The van der Waals surface area contributed by atoms with Crippen molar-refractivity contribution in [1.29, 1.82) is 0 Å². The lowest BCUT2D eigenvalue weighted by Gasteiger charge is -2.39. The van der Waals surface area contributed by atoms with Crippen LogP contribution in [0.15, 0.2) is 10.9 Å². The van der Waals surface area contributed by atoms with Gasteiger partial charge < -0.3 is 27.9 Å². The fourth-order valence-electron chi connectivity index (χ4n) is 3.60. The summed E-state index contributed by atoms with van der Waals surface area (Å²) in [6.45, 7) is 18.8. The van der Waals surface area contributed by atoms with E-state index in [0.717, 1.165) is 25.7 Å². The van der Waals surface area contributed by atoms with Gasteiger partial charge in [-0.1, -0.05) is 27.7 Å². The van der Waals surface area contributed by atoms with Gasteiger partial charge in [0.25, 0.3) is 0 Å². The molecule has 0 atom stereocenters. The van der Waals surface area contributed by atoms with Gasteiger partial charge in [0.1, 0.15) is 5.82 Å². The van der Waals surface area contributed by atoms with Crippen LogP contribution in [0.25, 0.3) is 0 Å². The normalized spacial score (nSPS) is 12.1. The first-order valence-corrected chi connectivity index (χ1v) is 15.4. The summed E-state index contributed by atoms with van der Waals surface area (Å²) in [4.78, 5) is 4.30. The summed E-state index contributed by atoms with van der Waals surface area (Å²) in [5, 5.41) is 0.0428. The Morgan fingerprint density at radius 2 is 0.781 bits per heavy atom. The minimum atomic E-state index is -3.99. The molecule has 0 saturated heterocycles. The molecule has 32 heavy (non-hydrogen) atoms. The van der Waals surface area contributed by atoms with Crippen molar-refractivity contribution in [2.24, 2.45) is 0 Å². The highest BCUT2D eigenvalue weighted by Crippen LogP contribution is 2.75. The summed E-state index contributed by atoms with van der Waals surface area (Å²) >= 11 is 0. The van der Waals surface area contributed by atoms with E-state index in [0.29, 0.717) is 32.0 Å². The van der Waals surface area contributed by atoms with Crippen LogP contribution in [0.3, 0.4) is 0 Å². The molecule has 0 aliphatic heterocycles. The van der Waals surface area contributed by atoms with Crippen molar-refractivity contribution in [2.45, 2.75) is 81.1 Å². The van der Waals surface area contributed by atoms with E-state index in [4.69, 9.17) is 18.1 Å². The Balaban J connectivity index is 7.53. The molecule has 0 aliphatic carbocycles. The second kappa shape index (κ2) is 17.1. The molecule has 0 rings (SSSR count). The van der Waals surface area contributed by atoms with Gasteiger partial charge in [-0.05, 0) is 53.4 Å². The minimum absolute atomic E-state index is 0.0428. The van der Waals surface area contributed by atoms with E-state index >= 15 is 0 Å².